The maximum atomic E-state index is 12.9. The molecule has 1 aliphatic heterocycles. The summed E-state index contributed by atoms with van der Waals surface area (Å²) in [5, 5.41) is 0.642. The molecule has 0 fully saturated rings. The van der Waals surface area contributed by atoms with E-state index in [0.717, 1.165) is 23.2 Å². The van der Waals surface area contributed by atoms with E-state index in [1.807, 2.05) is 26.2 Å². The van der Waals surface area contributed by atoms with Gasteiger partial charge in [-0.05, 0) is 39.2 Å². The Bertz CT molecular complexity index is 885. The van der Waals surface area contributed by atoms with Crippen molar-refractivity contribution in [2.45, 2.75) is 6.42 Å². The van der Waals surface area contributed by atoms with Gasteiger partial charge in [-0.1, -0.05) is 11.3 Å². The lowest BCUT2D eigenvalue weighted by Gasteiger charge is -2.19. The van der Waals surface area contributed by atoms with E-state index in [2.05, 4.69) is 9.88 Å². The van der Waals surface area contributed by atoms with Crippen molar-refractivity contribution in [3.05, 3.63) is 36.3 Å². The zero-order chi connectivity index (χ0) is 18.1. The fourth-order valence-corrected chi connectivity index (χ4v) is 3.78. The van der Waals surface area contributed by atoms with Gasteiger partial charge in [0, 0.05) is 18.7 Å². The Morgan fingerprint density at radius 1 is 1.22 bits per heavy atom. The SMILES string of the molecule is CN(C)CCCN(C(=O)c1ccco1)c1nc2cc3c(cc2s1)OCO3.[Cl-]. The molecule has 1 aliphatic rings. The van der Waals surface area contributed by atoms with Gasteiger partial charge < -0.3 is 31.2 Å². The highest BCUT2D eigenvalue weighted by atomic mass is 35.5. The number of nitrogens with zero attached hydrogens (tertiary/aromatic N) is 3. The number of anilines is 1. The molecule has 0 spiro atoms. The number of amides is 1. The van der Waals surface area contributed by atoms with Gasteiger partial charge in [-0.15, -0.1) is 0 Å². The molecule has 0 bridgehead atoms. The summed E-state index contributed by atoms with van der Waals surface area (Å²) in [6.07, 6.45) is 2.33. The number of carbonyl (C=O) groups excluding carboxylic acids is 1. The van der Waals surface area contributed by atoms with Crippen LogP contribution >= 0.6 is 11.3 Å². The molecule has 0 saturated heterocycles. The second-order valence-electron chi connectivity index (χ2n) is 6.26. The van der Waals surface area contributed by atoms with E-state index in [9.17, 15) is 4.79 Å². The van der Waals surface area contributed by atoms with Crippen LogP contribution in [0.3, 0.4) is 0 Å². The summed E-state index contributed by atoms with van der Waals surface area (Å²) in [6, 6.07) is 7.15. The van der Waals surface area contributed by atoms with Gasteiger partial charge in [0.1, 0.15) is 0 Å². The Balaban J connectivity index is 0.00000210. The predicted octanol–water partition coefficient (Wildman–Crippen LogP) is 0.220. The number of ether oxygens (including phenoxy) is 2. The first-order chi connectivity index (χ1) is 12.6. The summed E-state index contributed by atoms with van der Waals surface area (Å²) in [4.78, 5) is 21.3. The van der Waals surface area contributed by atoms with Gasteiger partial charge in [-0.25, -0.2) is 4.98 Å². The summed E-state index contributed by atoms with van der Waals surface area (Å²) >= 11 is 1.46. The summed E-state index contributed by atoms with van der Waals surface area (Å²) in [6.45, 7) is 1.67. The molecule has 9 heteroatoms. The van der Waals surface area contributed by atoms with Gasteiger partial charge in [0.2, 0.25) is 6.79 Å². The Hall–Kier alpha value is -2.29. The third-order valence-corrected chi connectivity index (χ3v) is 5.11. The van der Waals surface area contributed by atoms with E-state index in [-0.39, 0.29) is 25.1 Å². The van der Waals surface area contributed by atoms with Crippen molar-refractivity contribution in [2.75, 3.05) is 38.9 Å². The zero-order valence-electron chi connectivity index (χ0n) is 15.0. The number of benzene rings is 1. The van der Waals surface area contributed by atoms with Crippen molar-refractivity contribution in [1.29, 1.82) is 0 Å². The third-order valence-electron chi connectivity index (χ3n) is 4.07. The summed E-state index contributed by atoms with van der Waals surface area (Å²) < 4.78 is 17.1. The topological polar surface area (TPSA) is 68.0 Å². The van der Waals surface area contributed by atoms with Crippen molar-refractivity contribution >= 4 is 32.6 Å². The molecule has 0 unspecified atom stereocenters. The number of hydrogen-bond donors (Lipinski definition) is 0. The quantitative estimate of drug-likeness (QED) is 0.581. The Kier molecular flexibility index (Phi) is 5.88. The van der Waals surface area contributed by atoms with Crippen LogP contribution in [0.1, 0.15) is 17.0 Å². The van der Waals surface area contributed by atoms with Gasteiger partial charge in [-0.3, -0.25) is 9.69 Å². The first-order valence-corrected chi connectivity index (χ1v) is 9.14. The Morgan fingerprint density at radius 2 is 2.00 bits per heavy atom. The molecular formula is C18H19ClN3O4S-. The molecule has 3 aromatic rings. The van der Waals surface area contributed by atoms with Gasteiger partial charge in [0.05, 0.1) is 16.5 Å². The van der Waals surface area contributed by atoms with Crippen LogP contribution in [0.15, 0.2) is 34.9 Å². The van der Waals surface area contributed by atoms with Gasteiger partial charge >= 0.3 is 0 Å². The summed E-state index contributed by atoms with van der Waals surface area (Å²) in [5.74, 6) is 1.52. The molecule has 0 atom stereocenters. The minimum Gasteiger partial charge on any atom is -1.00 e. The molecule has 7 nitrogen and oxygen atoms in total. The van der Waals surface area contributed by atoms with Crippen LogP contribution in [0.25, 0.3) is 10.2 Å². The highest BCUT2D eigenvalue weighted by Crippen LogP contribution is 2.40. The lowest BCUT2D eigenvalue weighted by atomic mass is 10.3. The molecule has 0 aliphatic carbocycles. The molecule has 1 aromatic carbocycles. The number of rotatable bonds is 6. The van der Waals surface area contributed by atoms with Crippen molar-refractivity contribution < 1.29 is 31.1 Å². The number of furan rings is 1. The molecule has 2 aromatic heterocycles. The molecular weight excluding hydrogens is 390 g/mol. The smallest absolute Gasteiger partial charge is 0.295 e. The van der Waals surface area contributed by atoms with Crippen molar-refractivity contribution in [1.82, 2.24) is 9.88 Å². The minimum atomic E-state index is -0.187. The van der Waals surface area contributed by atoms with E-state index in [1.165, 1.54) is 17.6 Å². The fourth-order valence-electron chi connectivity index (χ4n) is 2.78. The van der Waals surface area contributed by atoms with Crippen LogP contribution in [0.5, 0.6) is 11.5 Å². The Labute approximate surface area is 166 Å². The van der Waals surface area contributed by atoms with Crippen molar-refractivity contribution in [3.8, 4) is 11.5 Å². The average molecular weight is 409 g/mol. The maximum absolute atomic E-state index is 12.9. The van der Waals surface area contributed by atoms with E-state index < -0.39 is 0 Å². The number of carbonyl (C=O) groups is 1. The highest BCUT2D eigenvalue weighted by molar-refractivity contribution is 7.22. The Morgan fingerprint density at radius 3 is 2.70 bits per heavy atom. The molecule has 0 N–H and O–H groups in total. The monoisotopic (exact) mass is 408 g/mol. The minimum absolute atomic E-state index is 0. The largest absolute Gasteiger partial charge is 1.00 e. The molecule has 3 heterocycles. The van der Waals surface area contributed by atoms with E-state index >= 15 is 0 Å². The standard InChI is InChI=1S/C18H19N3O4S.ClH/c1-20(2)6-4-7-21(17(22)13-5-3-8-23-13)18-19-12-9-14-15(25-11-24-14)10-16(12)26-18;/h3,5,8-10H,4,6-7,11H2,1-2H3;1H/p-1. The van der Waals surface area contributed by atoms with Gasteiger partial charge in [0.15, 0.2) is 22.4 Å². The highest BCUT2D eigenvalue weighted by Gasteiger charge is 2.24. The lowest BCUT2D eigenvalue weighted by molar-refractivity contribution is -0.0000145. The van der Waals surface area contributed by atoms with Crippen LogP contribution in [-0.4, -0.2) is 49.8 Å². The first kappa shape index (κ1) is 19.5. The van der Waals surface area contributed by atoms with E-state index in [0.29, 0.717) is 28.9 Å². The number of aromatic nitrogens is 1. The number of fused-ring (bicyclic) bond motifs is 2. The first-order valence-electron chi connectivity index (χ1n) is 8.32. The average Bonchev–Trinajstić information content (AvgIpc) is 3.35. The lowest BCUT2D eigenvalue weighted by Crippen LogP contribution is -3.00. The van der Waals surface area contributed by atoms with Gasteiger partial charge in [-0.2, -0.15) is 0 Å². The number of halogens is 1. The van der Waals surface area contributed by atoms with Crippen LogP contribution in [0.4, 0.5) is 5.13 Å². The van der Waals surface area contributed by atoms with Crippen LogP contribution < -0.4 is 26.8 Å². The summed E-state index contributed by atoms with van der Waals surface area (Å²) in [5.41, 5.74) is 0.791. The zero-order valence-corrected chi connectivity index (χ0v) is 16.5. The van der Waals surface area contributed by atoms with Crippen LogP contribution in [0.2, 0.25) is 0 Å². The summed E-state index contributed by atoms with van der Waals surface area (Å²) in [7, 11) is 4.02. The molecule has 27 heavy (non-hydrogen) atoms. The molecule has 1 amide bonds. The maximum Gasteiger partial charge on any atom is 0.295 e. The normalized spacial score (nSPS) is 12.4. The number of hydrogen-bond acceptors (Lipinski definition) is 7. The van der Waals surface area contributed by atoms with Crippen LogP contribution in [-0.2, 0) is 0 Å². The van der Waals surface area contributed by atoms with Gasteiger partial charge in [0.25, 0.3) is 5.91 Å². The fraction of sp³-hybridized carbons (Fsp3) is 0.333. The van der Waals surface area contributed by atoms with E-state index in [4.69, 9.17) is 13.9 Å². The predicted molar refractivity (Wildman–Crippen MR) is 99.3 cm³/mol. The van der Waals surface area contributed by atoms with E-state index in [1.54, 1.807) is 17.0 Å². The van der Waals surface area contributed by atoms with Crippen molar-refractivity contribution in [2.24, 2.45) is 0 Å². The van der Waals surface area contributed by atoms with Crippen LogP contribution in [0, 0.1) is 0 Å². The molecule has 4 rings (SSSR count). The molecule has 144 valence electrons. The third kappa shape index (κ3) is 4.02. The molecule has 0 saturated carbocycles. The second-order valence-corrected chi connectivity index (χ2v) is 7.27. The number of thiazole rings is 1. The van der Waals surface area contributed by atoms with Crippen molar-refractivity contribution in [3.63, 3.8) is 0 Å². The second kappa shape index (κ2) is 8.16. The molecule has 0 radical (unpaired) electrons.